The summed E-state index contributed by atoms with van der Waals surface area (Å²) < 4.78 is 1.50. The van der Waals surface area contributed by atoms with Gasteiger partial charge in [-0.2, -0.15) is 0 Å². The second kappa shape index (κ2) is 8.84. The Labute approximate surface area is 137 Å². The summed E-state index contributed by atoms with van der Waals surface area (Å²) in [7, 11) is 0. The molecule has 128 valence electrons. The second-order valence-electron chi connectivity index (χ2n) is 6.42. The molecule has 0 spiro atoms. The highest BCUT2D eigenvalue weighted by atomic mass is 16.3. The van der Waals surface area contributed by atoms with Crippen LogP contribution >= 0.6 is 0 Å². The van der Waals surface area contributed by atoms with Gasteiger partial charge in [-0.1, -0.05) is 13.0 Å². The zero-order valence-corrected chi connectivity index (χ0v) is 13.8. The van der Waals surface area contributed by atoms with Crippen LogP contribution in [0.4, 0.5) is 0 Å². The Morgan fingerprint density at radius 1 is 1.39 bits per heavy atom. The van der Waals surface area contributed by atoms with Gasteiger partial charge in [-0.15, -0.1) is 0 Å². The van der Waals surface area contributed by atoms with E-state index in [1.54, 1.807) is 18.3 Å². The van der Waals surface area contributed by atoms with E-state index in [0.29, 0.717) is 13.1 Å². The molecule has 0 bridgehead atoms. The third-order valence-corrected chi connectivity index (χ3v) is 4.36. The van der Waals surface area contributed by atoms with Crippen LogP contribution < -0.4 is 10.9 Å². The molecule has 1 fully saturated rings. The number of hydrogen-bond acceptors (Lipinski definition) is 4. The van der Waals surface area contributed by atoms with Crippen LogP contribution in [0.2, 0.25) is 0 Å². The molecule has 6 heteroatoms. The molecule has 1 atom stereocenters. The summed E-state index contributed by atoms with van der Waals surface area (Å²) in [5.41, 5.74) is -0.111. The third-order valence-electron chi connectivity index (χ3n) is 4.36. The normalized spacial score (nSPS) is 17.8. The van der Waals surface area contributed by atoms with Crippen molar-refractivity contribution in [2.75, 3.05) is 26.2 Å². The first-order valence-electron chi connectivity index (χ1n) is 8.37. The van der Waals surface area contributed by atoms with E-state index < -0.39 is 6.10 Å². The minimum atomic E-state index is -0.549. The lowest BCUT2D eigenvalue weighted by molar-refractivity contribution is -0.121. The van der Waals surface area contributed by atoms with Gasteiger partial charge < -0.3 is 19.9 Å². The summed E-state index contributed by atoms with van der Waals surface area (Å²) in [6, 6.07) is 4.92. The van der Waals surface area contributed by atoms with Crippen molar-refractivity contribution in [2.24, 2.45) is 5.92 Å². The quantitative estimate of drug-likeness (QED) is 0.764. The molecule has 0 radical (unpaired) electrons. The van der Waals surface area contributed by atoms with Crippen LogP contribution in [0.15, 0.2) is 29.2 Å². The van der Waals surface area contributed by atoms with Crippen molar-refractivity contribution in [3.8, 4) is 0 Å². The zero-order valence-electron chi connectivity index (χ0n) is 13.8. The molecule has 2 heterocycles. The van der Waals surface area contributed by atoms with Crippen molar-refractivity contribution in [2.45, 2.75) is 38.8 Å². The van der Waals surface area contributed by atoms with Crippen LogP contribution in [0, 0.1) is 5.92 Å². The van der Waals surface area contributed by atoms with Crippen LogP contribution in [-0.4, -0.2) is 52.8 Å². The summed E-state index contributed by atoms with van der Waals surface area (Å²) in [4.78, 5) is 25.6. The van der Waals surface area contributed by atoms with E-state index in [0.717, 1.165) is 19.0 Å². The van der Waals surface area contributed by atoms with E-state index >= 15 is 0 Å². The fourth-order valence-corrected chi connectivity index (χ4v) is 2.79. The van der Waals surface area contributed by atoms with Gasteiger partial charge in [0.2, 0.25) is 5.91 Å². The molecule has 0 aliphatic carbocycles. The van der Waals surface area contributed by atoms with Gasteiger partial charge in [0.1, 0.15) is 0 Å². The highest BCUT2D eigenvalue weighted by molar-refractivity contribution is 5.75. The highest BCUT2D eigenvalue weighted by Gasteiger charge is 2.18. The van der Waals surface area contributed by atoms with Crippen LogP contribution in [0.25, 0.3) is 0 Å². The average molecular weight is 321 g/mol. The Morgan fingerprint density at radius 3 is 2.83 bits per heavy atom. The van der Waals surface area contributed by atoms with E-state index in [2.05, 4.69) is 17.1 Å². The second-order valence-corrected chi connectivity index (χ2v) is 6.42. The van der Waals surface area contributed by atoms with Crippen LogP contribution in [0.1, 0.15) is 26.2 Å². The van der Waals surface area contributed by atoms with Crippen LogP contribution in [-0.2, 0) is 11.3 Å². The van der Waals surface area contributed by atoms with Crippen LogP contribution in [0.5, 0.6) is 0 Å². The maximum Gasteiger partial charge on any atom is 0.250 e. The van der Waals surface area contributed by atoms with Crippen molar-refractivity contribution < 1.29 is 9.90 Å². The minimum absolute atomic E-state index is 0.111. The number of carbonyl (C=O) groups is 1. The number of pyridine rings is 1. The fraction of sp³-hybridized carbons (Fsp3) is 0.647. The van der Waals surface area contributed by atoms with E-state index in [1.807, 2.05) is 0 Å². The predicted molar refractivity (Wildman–Crippen MR) is 89.2 cm³/mol. The van der Waals surface area contributed by atoms with Crippen molar-refractivity contribution in [3.63, 3.8) is 0 Å². The van der Waals surface area contributed by atoms with Gasteiger partial charge >= 0.3 is 0 Å². The summed E-state index contributed by atoms with van der Waals surface area (Å²) >= 11 is 0. The number of rotatable bonds is 7. The maximum atomic E-state index is 11.8. The van der Waals surface area contributed by atoms with Gasteiger partial charge in [0, 0.05) is 38.3 Å². The van der Waals surface area contributed by atoms with E-state index in [4.69, 9.17) is 0 Å². The van der Waals surface area contributed by atoms with Gasteiger partial charge in [0.05, 0.1) is 6.10 Å². The molecule has 1 aromatic heterocycles. The first kappa shape index (κ1) is 17.7. The topological polar surface area (TPSA) is 74.6 Å². The van der Waals surface area contributed by atoms with E-state index in [1.165, 1.54) is 23.5 Å². The van der Waals surface area contributed by atoms with E-state index in [-0.39, 0.29) is 24.4 Å². The smallest absolute Gasteiger partial charge is 0.250 e. The zero-order chi connectivity index (χ0) is 16.7. The van der Waals surface area contributed by atoms with Crippen LogP contribution in [0.3, 0.4) is 0 Å². The van der Waals surface area contributed by atoms with E-state index in [9.17, 15) is 14.7 Å². The molecule has 6 nitrogen and oxygen atoms in total. The SMILES string of the molecule is CC1CCN(CC(O)CNC(=O)CCn2ccccc2=O)CC1. The van der Waals surface area contributed by atoms with Gasteiger partial charge in [-0.25, -0.2) is 0 Å². The number of hydrogen-bond donors (Lipinski definition) is 2. The standard InChI is InChI=1S/C17H27N3O3/c1-14-5-9-19(10-6-14)13-15(21)12-18-16(22)7-11-20-8-3-2-4-17(20)23/h2-4,8,14-15,21H,5-7,9-13H2,1H3,(H,18,22). The molecule has 23 heavy (non-hydrogen) atoms. The minimum Gasteiger partial charge on any atom is -0.390 e. The number of likely N-dealkylation sites (tertiary alicyclic amines) is 1. The summed E-state index contributed by atoms with van der Waals surface area (Å²) in [6.07, 6.45) is 3.70. The predicted octanol–water partition coefficient (Wildman–Crippen LogP) is 0.447. The number of aromatic nitrogens is 1. The largest absolute Gasteiger partial charge is 0.390 e. The number of nitrogens with zero attached hydrogens (tertiary/aromatic N) is 2. The number of carbonyl (C=O) groups excluding carboxylic acids is 1. The molecule has 1 aliphatic rings. The molecule has 0 saturated carbocycles. The van der Waals surface area contributed by atoms with Gasteiger partial charge in [-0.3, -0.25) is 9.59 Å². The fourth-order valence-electron chi connectivity index (χ4n) is 2.79. The van der Waals surface area contributed by atoms with Crippen molar-refractivity contribution in [1.29, 1.82) is 0 Å². The molecule has 1 amide bonds. The maximum absolute atomic E-state index is 11.8. The average Bonchev–Trinajstić information content (AvgIpc) is 2.54. The number of amides is 1. The van der Waals surface area contributed by atoms with Crippen molar-refractivity contribution in [1.82, 2.24) is 14.8 Å². The molecule has 1 saturated heterocycles. The summed E-state index contributed by atoms with van der Waals surface area (Å²) in [5.74, 6) is 0.622. The number of nitrogens with one attached hydrogen (secondary N) is 1. The number of aliphatic hydroxyl groups excluding tert-OH is 1. The molecule has 1 unspecified atom stereocenters. The number of piperidine rings is 1. The first-order valence-corrected chi connectivity index (χ1v) is 8.37. The number of aliphatic hydroxyl groups is 1. The van der Waals surface area contributed by atoms with Gasteiger partial charge in [-0.05, 0) is 37.9 Å². The van der Waals surface area contributed by atoms with Gasteiger partial charge in [0.25, 0.3) is 5.56 Å². The lowest BCUT2D eigenvalue weighted by atomic mass is 9.99. The number of β-amino-alcohol motifs (C(OH)–C–C–N with tert-alkyl or cyclic N) is 1. The Kier molecular flexibility index (Phi) is 6.80. The molecular formula is C17H27N3O3. The van der Waals surface area contributed by atoms with Crippen molar-refractivity contribution in [3.05, 3.63) is 34.7 Å². The lowest BCUT2D eigenvalue weighted by Gasteiger charge is -2.31. The summed E-state index contributed by atoms with van der Waals surface area (Å²) in [5, 5.41) is 12.8. The molecule has 2 N–H and O–H groups in total. The Balaban J connectivity index is 1.64. The molecule has 2 rings (SSSR count). The monoisotopic (exact) mass is 321 g/mol. The molecule has 1 aromatic rings. The Bertz CT molecular complexity index is 550. The number of aryl methyl sites for hydroxylation is 1. The molecule has 0 aromatic carbocycles. The molecular weight excluding hydrogens is 294 g/mol. The third kappa shape index (κ3) is 6.15. The Morgan fingerprint density at radius 2 is 2.13 bits per heavy atom. The first-order chi connectivity index (χ1) is 11.0. The van der Waals surface area contributed by atoms with Crippen molar-refractivity contribution >= 4 is 5.91 Å². The van der Waals surface area contributed by atoms with Gasteiger partial charge in [0.15, 0.2) is 0 Å². The lowest BCUT2D eigenvalue weighted by Crippen LogP contribution is -2.43. The highest BCUT2D eigenvalue weighted by Crippen LogP contribution is 2.15. The summed E-state index contributed by atoms with van der Waals surface area (Å²) in [6.45, 7) is 5.50. The Hall–Kier alpha value is -1.66. The molecule has 1 aliphatic heterocycles.